The minimum Gasteiger partial charge on any atom is -0.345 e. The number of benzene rings is 2. The number of amides is 1. The summed E-state index contributed by atoms with van der Waals surface area (Å²) in [6, 6.07) is 13.9. The highest BCUT2D eigenvalue weighted by Crippen LogP contribution is 2.18. The van der Waals surface area contributed by atoms with Crippen molar-refractivity contribution in [3.05, 3.63) is 65.2 Å². The number of hydrogen-bond donors (Lipinski definition) is 2. The Morgan fingerprint density at radius 3 is 2.38 bits per heavy atom. The van der Waals surface area contributed by atoms with Gasteiger partial charge in [0.05, 0.1) is 10.9 Å². The summed E-state index contributed by atoms with van der Waals surface area (Å²) in [6.45, 7) is 4.00. The van der Waals surface area contributed by atoms with Crippen LogP contribution in [0.5, 0.6) is 0 Å². The molecule has 0 saturated carbocycles. The van der Waals surface area contributed by atoms with E-state index in [4.69, 9.17) is 0 Å². The highest BCUT2D eigenvalue weighted by molar-refractivity contribution is 7.89. The number of carbonyl (C=O) groups is 1. The molecule has 0 spiro atoms. The van der Waals surface area contributed by atoms with Gasteiger partial charge in [-0.1, -0.05) is 42.8 Å². The molecule has 2 aromatic rings. The fourth-order valence-corrected chi connectivity index (χ4v) is 3.16. The van der Waals surface area contributed by atoms with Crippen LogP contribution in [0, 0.1) is 6.92 Å². The maximum Gasteiger partial charge on any atom is 0.251 e. The third-order valence-corrected chi connectivity index (χ3v) is 5.28. The number of carbonyl (C=O) groups excluding carboxylic acids is 1. The lowest BCUT2D eigenvalue weighted by Crippen LogP contribution is -2.28. The highest BCUT2D eigenvalue weighted by atomic mass is 32.2. The van der Waals surface area contributed by atoms with Gasteiger partial charge in [-0.3, -0.25) is 4.79 Å². The largest absolute Gasteiger partial charge is 0.345 e. The molecule has 2 aromatic carbocycles. The highest BCUT2D eigenvalue weighted by Gasteiger charge is 2.17. The van der Waals surface area contributed by atoms with Gasteiger partial charge in [-0.2, -0.15) is 0 Å². The molecule has 2 N–H and O–H groups in total. The summed E-state index contributed by atoms with van der Waals surface area (Å²) >= 11 is 0. The van der Waals surface area contributed by atoms with E-state index in [2.05, 4.69) is 10.0 Å². The zero-order valence-electron chi connectivity index (χ0n) is 14.0. The second kappa shape index (κ2) is 7.59. The van der Waals surface area contributed by atoms with Crippen LogP contribution in [0.2, 0.25) is 0 Å². The number of nitrogens with one attached hydrogen (secondary N) is 2. The van der Waals surface area contributed by atoms with Gasteiger partial charge in [0.25, 0.3) is 5.91 Å². The Morgan fingerprint density at radius 2 is 1.79 bits per heavy atom. The predicted molar refractivity (Wildman–Crippen MR) is 94.4 cm³/mol. The average Bonchev–Trinajstić information content (AvgIpc) is 2.60. The molecule has 0 fully saturated rings. The summed E-state index contributed by atoms with van der Waals surface area (Å²) < 4.78 is 26.0. The van der Waals surface area contributed by atoms with Gasteiger partial charge in [0.15, 0.2) is 0 Å². The molecule has 0 aromatic heterocycles. The molecule has 0 aliphatic rings. The Labute approximate surface area is 143 Å². The molecule has 0 aliphatic heterocycles. The molecule has 6 heteroatoms. The van der Waals surface area contributed by atoms with Crippen molar-refractivity contribution in [2.75, 3.05) is 7.05 Å². The van der Waals surface area contributed by atoms with E-state index in [1.807, 2.05) is 38.1 Å². The summed E-state index contributed by atoms with van der Waals surface area (Å²) in [7, 11) is -2.24. The molecular formula is C18H22N2O3S. The van der Waals surface area contributed by atoms with Crippen molar-refractivity contribution >= 4 is 15.9 Å². The van der Waals surface area contributed by atoms with Crippen LogP contribution in [0.25, 0.3) is 0 Å². The van der Waals surface area contributed by atoms with Crippen molar-refractivity contribution in [3.8, 4) is 0 Å². The van der Waals surface area contributed by atoms with Gasteiger partial charge in [-0.05, 0) is 44.2 Å². The third-order valence-electron chi connectivity index (χ3n) is 3.87. The molecule has 0 aliphatic carbocycles. The van der Waals surface area contributed by atoms with E-state index >= 15 is 0 Å². The van der Waals surface area contributed by atoms with Crippen molar-refractivity contribution in [1.82, 2.24) is 10.0 Å². The van der Waals surface area contributed by atoms with E-state index in [0.717, 1.165) is 17.5 Å². The molecule has 5 nitrogen and oxygen atoms in total. The summed E-state index contributed by atoms with van der Waals surface area (Å²) in [5, 5.41) is 2.96. The van der Waals surface area contributed by atoms with E-state index in [1.54, 1.807) is 12.1 Å². The lowest BCUT2D eigenvalue weighted by atomic mass is 10.0. The Hall–Kier alpha value is -2.18. The normalized spacial score (nSPS) is 12.6. The second-order valence-electron chi connectivity index (χ2n) is 5.58. The van der Waals surface area contributed by atoms with E-state index in [1.165, 1.54) is 19.2 Å². The van der Waals surface area contributed by atoms with Gasteiger partial charge in [-0.25, -0.2) is 13.1 Å². The topological polar surface area (TPSA) is 75.3 Å². The van der Waals surface area contributed by atoms with Crippen molar-refractivity contribution in [3.63, 3.8) is 0 Å². The van der Waals surface area contributed by atoms with E-state index in [-0.39, 0.29) is 16.8 Å². The minimum atomic E-state index is -3.58. The molecule has 1 amide bonds. The van der Waals surface area contributed by atoms with E-state index < -0.39 is 10.0 Å². The molecule has 0 radical (unpaired) electrons. The number of hydrogen-bond acceptors (Lipinski definition) is 3. The molecule has 24 heavy (non-hydrogen) atoms. The molecule has 0 bridgehead atoms. The standard InChI is InChI=1S/C18H22N2O3S/c1-4-17(14-10-8-13(2)9-11-14)20-18(21)15-6-5-7-16(12-15)24(22,23)19-3/h5-12,17,19H,4H2,1-3H3,(H,20,21)/t17-/m1/s1. The van der Waals surface area contributed by atoms with Gasteiger partial charge in [0.2, 0.25) is 10.0 Å². The predicted octanol–water partition coefficient (Wildman–Crippen LogP) is 2.78. The van der Waals surface area contributed by atoms with Gasteiger partial charge in [0, 0.05) is 5.56 Å². The smallest absolute Gasteiger partial charge is 0.251 e. The number of aryl methyl sites for hydroxylation is 1. The molecule has 0 unspecified atom stereocenters. The average molecular weight is 346 g/mol. The Balaban J connectivity index is 2.22. The molecular weight excluding hydrogens is 324 g/mol. The van der Waals surface area contributed by atoms with Crippen molar-refractivity contribution in [2.45, 2.75) is 31.2 Å². The second-order valence-corrected chi connectivity index (χ2v) is 7.47. The Bertz CT molecular complexity index is 814. The third kappa shape index (κ3) is 4.21. The minimum absolute atomic E-state index is 0.0704. The van der Waals surface area contributed by atoms with Crippen LogP contribution in [-0.2, 0) is 10.0 Å². The van der Waals surface area contributed by atoms with Crippen LogP contribution in [0.3, 0.4) is 0 Å². The number of sulfonamides is 1. The quantitative estimate of drug-likeness (QED) is 0.844. The lowest BCUT2D eigenvalue weighted by molar-refractivity contribution is 0.0935. The fourth-order valence-electron chi connectivity index (χ4n) is 2.38. The van der Waals surface area contributed by atoms with Crippen LogP contribution in [-0.4, -0.2) is 21.4 Å². The van der Waals surface area contributed by atoms with Crippen molar-refractivity contribution < 1.29 is 13.2 Å². The van der Waals surface area contributed by atoms with E-state index in [0.29, 0.717) is 5.56 Å². The van der Waals surface area contributed by atoms with Crippen LogP contribution in [0.15, 0.2) is 53.4 Å². The molecule has 1 atom stereocenters. The van der Waals surface area contributed by atoms with Crippen LogP contribution < -0.4 is 10.0 Å². The zero-order valence-corrected chi connectivity index (χ0v) is 14.9. The molecule has 128 valence electrons. The first-order valence-corrected chi connectivity index (χ1v) is 9.26. The van der Waals surface area contributed by atoms with Crippen LogP contribution in [0.4, 0.5) is 0 Å². The zero-order chi connectivity index (χ0) is 17.7. The van der Waals surface area contributed by atoms with Crippen LogP contribution >= 0.6 is 0 Å². The van der Waals surface area contributed by atoms with Gasteiger partial charge < -0.3 is 5.32 Å². The van der Waals surface area contributed by atoms with Crippen molar-refractivity contribution in [1.29, 1.82) is 0 Å². The summed E-state index contributed by atoms with van der Waals surface area (Å²) in [5.74, 6) is -0.296. The fraction of sp³-hybridized carbons (Fsp3) is 0.278. The summed E-state index contributed by atoms with van der Waals surface area (Å²) in [4.78, 5) is 12.6. The van der Waals surface area contributed by atoms with Crippen LogP contribution in [0.1, 0.15) is 40.9 Å². The first kappa shape index (κ1) is 18.2. The SMILES string of the molecule is CC[C@@H](NC(=O)c1cccc(S(=O)(=O)NC)c1)c1ccc(C)cc1. The summed E-state index contributed by atoms with van der Waals surface area (Å²) in [6.07, 6.45) is 0.739. The molecule has 0 heterocycles. The lowest BCUT2D eigenvalue weighted by Gasteiger charge is -2.18. The van der Waals surface area contributed by atoms with Crippen molar-refractivity contribution in [2.24, 2.45) is 0 Å². The summed E-state index contributed by atoms with van der Waals surface area (Å²) in [5.41, 5.74) is 2.50. The monoisotopic (exact) mass is 346 g/mol. The van der Waals surface area contributed by atoms with Gasteiger partial charge in [0.1, 0.15) is 0 Å². The van der Waals surface area contributed by atoms with E-state index in [9.17, 15) is 13.2 Å². The Morgan fingerprint density at radius 1 is 1.12 bits per heavy atom. The first-order chi connectivity index (χ1) is 11.4. The van der Waals surface area contributed by atoms with Gasteiger partial charge >= 0.3 is 0 Å². The molecule has 2 rings (SSSR count). The first-order valence-electron chi connectivity index (χ1n) is 7.78. The number of rotatable bonds is 6. The molecule has 0 saturated heterocycles. The van der Waals surface area contributed by atoms with Gasteiger partial charge in [-0.15, -0.1) is 0 Å². The maximum absolute atomic E-state index is 12.5. The Kier molecular flexibility index (Phi) is 5.75. The maximum atomic E-state index is 12.5.